The Morgan fingerprint density at radius 3 is 2.94 bits per heavy atom. The molecule has 0 amide bonds. The minimum Gasteiger partial charge on any atom is -0.364 e. The van der Waals surface area contributed by atoms with Crippen LogP contribution in [0.3, 0.4) is 0 Å². The molecule has 3 nitrogen and oxygen atoms in total. The Morgan fingerprint density at radius 2 is 2.35 bits per heavy atom. The Balaban J connectivity index is 2.19. The number of halogens is 2. The molecule has 0 spiro atoms. The van der Waals surface area contributed by atoms with Crippen LogP contribution in [0.2, 0.25) is 4.34 Å². The predicted molar refractivity (Wildman–Crippen MR) is 73.2 cm³/mol. The lowest BCUT2D eigenvalue weighted by Crippen LogP contribution is -2.07. The second kappa shape index (κ2) is 5.50. The van der Waals surface area contributed by atoms with Crippen LogP contribution in [-0.2, 0) is 0 Å². The number of benzene rings is 1. The number of rotatable bonds is 3. The summed E-state index contributed by atoms with van der Waals surface area (Å²) in [5.74, 6) is 0. The molecule has 0 aliphatic carbocycles. The zero-order valence-electron chi connectivity index (χ0n) is 8.52. The second-order valence-electron chi connectivity index (χ2n) is 3.22. The van der Waals surface area contributed by atoms with Gasteiger partial charge >= 0.3 is 0 Å². The minimum atomic E-state index is -0.484. The third-order valence-corrected chi connectivity index (χ3v) is 3.68. The van der Waals surface area contributed by atoms with E-state index in [1.165, 1.54) is 11.3 Å². The largest absolute Gasteiger partial charge is 0.364 e. The molecule has 17 heavy (non-hydrogen) atoms. The number of nitriles is 1. The first-order valence-corrected chi connectivity index (χ1v) is 6.71. The molecular weight excluding hydrogens is 322 g/mol. The van der Waals surface area contributed by atoms with E-state index in [0.717, 1.165) is 10.2 Å². The quantitative estimate of drug-likeness (QED) is 0.917. The van der Waals surface area contributed by atoms with E-state index in [2.05, 4.69) is 32.3 Å². The first kappa shape index (κ1) is 12.4. The van der Waals surface area contributed by atoms with Gasteiger partial charge in [0.2, 0.25) is 0 Å². The van der Waals surface area contributed by atoms with Crippen LogP contribution in [0.25, 0.3) is 0 Å². The van der Waals surface area contributed by atoms with E-state index >= 15 is 0 Å². The van der Waals surface area contributed by atoms with Crippen LogP contribution in [-0.4, -0.2) is 4.98 Å². The molecule has 1 unspecified atom stereocenters. The zero-order chi connectivity index (χ0) is 12.3. The first-order chi connectivity index (χ1) is 8.19. The van der Waals surface area contributed by atoms with Gasteiger partial charge in [0.05, 0.1) is 12.3 Å². The van der Waals surface area contributed by atoms with Crippen LogP contribution in [0.5, 0.6) is 0 Å². The first-order valence-electron chi connectivity index (χ1n) is 4.72. The van der Waals surface area contributed by atoms with Gasteiger partial charge in [0.25, 0.3) is 0 Å². The summed E-state index contributed by atoms with van der Waals surface area (Å²) in [5, 5.41) is 12.9. The molecular formula is C11H7BrClN3S. The van der Waals surface area contributed by atoms with Gasteiger partial charge in [0, 0.05) is 10.2 Å². The maximum atomic E-state index is 9.12. The van der Waals surface area contributed by atoms with Crippen LogP contribution >= 0.6 is 38.9 Å². The summed E-state index contributed by atoms with van der Waals surface area (Å²) < 4.78 is 1.53. The molecule has 1 heterocycles. The van der Waals surface area contributed by atoms with Crippen molar-refractivity contribution in [3.05, 3.63) is 44.3 Å². The molecule has 1 aromatic heterocycles. The molecule has 0 bridgehead atoms. The number of nitrogens with zero attached hydrogens (tertiary/aromatic N) is 2. The van der Waals surface area contributed by atoms with Crippen LogP contribution in [0, 0.1) is 11.3 Å². The molecule has 0 aliphatic rings. The Morgan fingerprint density at radius 1 is 1.53 bits per heavy atom. The fourth-order valence-electron chi connectivity index (χ4n) is 1.29. The number of hydrogen-bond acceptors (Lipinski definition) is 4. The van der Waals surface area contributed by atoms with Gasteiger partial charge in [-0.3, -0.25) is 0 Å². The summed E-state index contributed by atoms with van der Waals surface area (Å²) in [5.41, 5.74) is 0.859. The van der Waals surface area contributed by atoms with Crippen molar-refractivity contribution < 1.29 is 0 Å². The van der Waals surface area contributed by atoms with Gasteiger partial charge in [-0.1, -0.05) is 33.6 Å². The Bertz CT molecular complexity index is 564. The van der Waals surface area contributed by atoms with E-state index in [4.69, 9.17) is 16.9 Å². The molecule has 86 valence electrons. The van der Waals surface area contributed by atoms with E-state index in [9.17, 15) is 0 Å². The van der Waals surface area contributed by atoms with Crippen LogP contribution in [0.15, 0.2) is 34.9 Å². The van der Waals surface area contributed by atoms with Gasteiger partial charge in [0.1, 0.15) is 9.34 Å². The fourth-order valence-corrected chi connectivity index (χ4v) is 2.62. The number of nitrogens with one attached hydrogen (secondary N) is 1. The van der Waals surface area contributed by atoms with E-state index in [1.54, 1.807) is 6.20 Å². The normalized spacial score (nSPS) is 11.8. The second-order valence-corrected chi connectivity index (χ2v) is 5.83. The average Bonchev–Trinajstić information content (AvgIpc) is 2.73. The molecule has 0 radical (unpaired) electrons. The van der Waals surface area contributed by atoms with Crippen LogP contribution in [0.1, 0.15) is 11.0 Å². The summed E-state index contributed by atoms with van der Waals surface area (Å²) in [6.07, 6.45) is 1.55. The van der Waals surface area contributed by atoms with E-state index < -0.39 is 6.04 Å². The average molecular weight is 329 g/mol. The molecule has 6 heteroatoms. The highest BCUT2D eigenvalue weighted by molar-refractivity contribution is 9.10. The van der Waals surface area contributed by atoms with E-state index in [-0.39, 0.29) is 0 Å². The van der Waals surface area contributed by atoms with Crippen molar-refractivity contribution in [1.29, 1.82) is 5.26 Å². The van der Waals surface area contributed by atoms with Gasteiger partial charge in [0.15, 0.2) is 6.04 Å². The van der Waals surface area contributed by atoms with Crippen molar-refractivity contribution in [2.75, 3.05) is 5.32 Å². The highest BCUT2D eigenvalue weighted by Gasteiger charge is 2.14. The zero-order valence-corrected chi connectivity index (χ0v) is 11.7. The number of thiazole rings is 1. The molecule has 1 N–H and O–H groups in total. The Labute approximate surface area is 116 Å². The smallest absolute Gasteiger partial charge is 0.167 e. The maximum absolute atomic E-state index is 9.12. The Kier molecular flexibility index (Phi) is 4.00. The highest BCUT2D eigenvalue weighted by atomic mass is 79.9. The number of anilines is 1. The van der Waals surface area contributed by atoms with Crippen molar-refractivity contribution in [2.45, 2.75) is 6.04 Å². The lowest BCUT2D eigenvalue weighted by atomic mass is 10.2. The van der Waals surface area contributed by atoms with Crippen molar-refractivity contribution in [3.63, 3.8) is 0 Å². The Hall–Kier alpha value is -1.09. The van der Waals surface area contributed by atoms with E-state index in [1.807, 2.05) is 24.3 Å². The van der Waals surface area contributed by atoms with Crippen LogP contribution in [0.4, 0.5) is 5.69 Å². The van der Waals surface area contributed by atoms with Crippen LogP contribution < -0.4 is 5.32 Å². The maximum Gasteiger partial charge on any atom is 0.167 e. The minimum absolute atomic E-state index is 0.484. The van der Waals surface area contributed by atoms with Crippen molar-refractivity contribution in [1.82, 2.24) is 4.98 Å². The van der Waals surface area contributed by atoms with Crippen molar-refractivity contribution in [3.8, 4) is 6.07 Å². The molecule has 1 aromatic carbocycles. The summed E-state index contributed by atoms with van der Waals surface area (Å²) >= 11 is 10.5. The topological polar surface area (TPSA) is 48.7 Å². The van der Waals surface area contributed by atoms with Gasteiger partial charge < -0.3 is 5.32 Å². The van der Waals surface area contributed by atoms with Gasteiger partial charge in [-0.15, -0.1) is 11.3 Å². The molecule has 0 fully saturated rings. The molecule has 2 rings (SSSR count). The summed E-state index contributed by atoms with van der Waals surface area (Å²) in [7, 11) is 0. The molecule has 0 saturated carbocycles. The summed E-state index contributed by atoms with van der Waals surface area (Å²) in [6.45, 7) is 0. The molecule has 0 aliphatic heterocycles. The third kappa shape index (κ3) is 3.19. The van der Waals surface area contributed by atoms with Crippen molar-refractivity contribution >= 4 is 44.6 Å². The lowest BCUT2D eigenvalue weighted by Gasteiger charge is -2.10. The third-order valence-electron chi connectivity index (χ3n) is 2.01. The monoisotopic (exact) mass is 327 g/mol. The molecule has 2 aromatic rings. The molecule has 0 saturated heterocycles. The summed E-state index contributed by atoms with van der Waals surface area (Å²) in [4.78, 5) is 4.10. The SMILES string of the molecule is N#CC(Nc1cccc(Br)c1)c1ncc(Cl)s1. The van der Waals surface area contributed by atoms with Crippen molar-refractivity contribution in [2.24, 2.45) is 0 Å². The molecule has 1 atom stereocenters. The lowest BCUT2D eigenvalue weighted by molar-refractivity contribution is 0.974. The van der Waals surface area contributed by atoms with Gasteiger partial charge in [-0.25, -0.2) is 4.98 Å². The predicted octanol–water partition coefficient (Wildman–Crippen LogP) is 4.24. The summed E-state index contributed by atoms with van der Waals surface area (Å²) in [6, 6.07) is 9.30. The number of hydrogen-bond donors (Lipinski definition) is 1. The fraction of sp³-hybridized carbons (Fsp3) is 0.0909. The number of aromatic nitrogens is 1. The van der Waals surface area contributed by atoms with Gasteiger partial charge in [-0.2, -0.15) is 5.26 Å². The standard InChI is InChI=1S/C11H7BrClN3S/c12-7-2-1-3-8(4-7)16-9(5-14)11-15-6-10(13)17-11/h1-4,6,9,16H. The van der Waals surface area contributed by atoms with Gasteiger partial charge in [-0.05, 0) is 18.2 Å². The van der Waals surface area contributed by atoms with E-state index in [0.29, 0.717) is 9.34 Å². The highest BCUT2D eigenvalue weighted by Crippen LogP contribution is 2.27.